The number of furan rings is 1. The molecule has 5 rings (SSSR count). The zero-order chi connectivity index (χ0) is 20.1. The second-order valence-corrected chi connectivity index (χ2v) is 8.13. The average Bonchev–Trinajstić information content (AvgIpc) is 3.32. The molecule has 0 radical (unpaired) electrons. The second-order valence-electron chi connectivity index (χ2n) is 6.78. The van der Waals surface area contributed by atoms with E-state index < -0.39 is 6.04 Å². The third-order valence-corrected chi connectivity index (χ3v) is 5.78. The van der Waals surface area contributed by atoms with Crippen molar-refractivity contribution in [2.45, 2.75) is 12.6 Å². The number of hydrogen-bond acceptors (Lipinski definition) is 4. The van der Waals surface area contributed by atoms with Crippen LogP contribution >= 0.6 is 27.5 Å². The Labute approximate surface area is 178 Å². The van der Waals surface area contributed by atoms with Crippen molar-refractivity contribution in [3.05, 3.63) is 103 Å². The number of benzene rings is 2. The fourth-order valence-corrected chi connectivity index (χ4v) is 4.15. The smallest absolute Gasteiger partial charge is 0.291 e. The van der Waals surface area contributed by atoms with E-state index >= 15 is 0 Å². The molecular weight excluding hydrogens is 458 g/mol. The molecule has 1 amide bonds. The molecule has 0 unspecified atom stereocenters. The molecule has 0 fully saturated rings. The molecule has 4 aromatic rings. The summed E-state index contributed by atoms with van der Waals surface area (Å²) < 4.78 is 12.2. The number of rotatable bonds is 3. The summed E-state index contributed by atoms with van der Waals surface area (Å²) in [4.78, 5) is 28.2. The van der Waals surface area contributed by atoms with Gasteiger partial charge in [-0.2, -0.15) is 0 Å². The SMILES string of the molecule is O=C1c2oc3ccc(Cl)cc3c(=O)c2[C@@H](c2ccc(Br)cc2)N1Cc1ccco1. The van der Waals surface area contributed by atoms with Crippen LogP contribution in [0.2, 0.25) is 5.02 Å². The van der Waals surface area contributed by atoms with Gasteiger partial charge < -0.3 is 13.7 Å². The lowest BCUT2D eigenvalue weighted by atomic mass is 9.98. The molecule has 0 saturated heterocycles. The van der Waals surface area contributed by atoms with Crippen molar-refractivity contribution < 1.29 is 13.6 Å². The van der Waals surface area contributed by atoms with Crippen LogP contribution in [-0.2, 0) is 6.54 Å². The van der Waals surface area contributed by atoms with Gasteiger partial charge in [0.1, 0.15) is 11.3 Å². The summed E-state index contributed by atoms with van der Waals surface area (Å²) in [6.07, 6.45) is 1.55. The molecule has 1 aliphatic rings. The van der Waals surface area contributed by atoms with E-state index in [1.807, 2.05) is 24.3 Å². The fraction of sp³-hybridized carbons (Fsp3) is 0.0909. The third-order valence-electron chi connectivity index (χ3n) is 5.02. The molecule has 5 nitrogen and oxygen atoms in total. The summed E-state index contributed by atoms with van der Waals surface area (Å²) in [5.74, 6) is 0.330. The number of hydrogen-bond donors (Lipinski definition) is 0. The van der Waals surface area contributed by atoms with Crippen molar-refractivity contribution in [3.63, 3.8) is 0 Å². The van der Waals surface area contributed by atoms with E-state index in [9.17, 15) is 9.59 Å². The molecule has 0 bridgehead atoms. The van der Waals surface area contributed by atoms with Crippen molar-refractivity contribution in [1.29, 1.82) is 0 Å². The monoisotopic (exact) mass is 469 g/mol. The van der Waals surface area contributed by atoms with Gasteiger partial charge in [-0.1, -0.05) is 39.7 Å². The molecule has 0 N–H and O–H groups in total. The van der Waals surface area contributed by atoms with Crippen molar-refractivity contribution in [3.8, 4) is 0 Å². The van der Waals surface area contributed by atoms with E-state index in [0.717, 1.165) is 10.0 Å². The van der Waals surface area contributed by atoms with Gasteiger partial charge in [-0.25, -0.2) is 0 Å². The predicted octanol–water partition coefficient (Wildman–Crippen LogP) is 5.55. The highest BCUT2D eigenvalue weighted by Gasteiger charge is 2.43. The van der Waals surface area contributed by atoms with Crippen LogP contribution < -0.4 is 5.43 Å². The summed E-state index contributed by atoms with van der Waals surface area (Å²) in [6.45, 7) is 0.216. The Kier molecular flexibility index (Phi) is 4.33. The quantitative estimate of drug-likeness (QED) is 0.394. The van der Waals surface area contributed by atoms with E-state index in [0.29, 0.717) is 27.3 Å². The lowest BCUT2D eigenvalue weighted by Crippen LogP contribution is -2.29. The number of fused-ring (bicyclic) bond motifs is 2. The minimum atomic E-state index is -0.588. The molecular formula is C22H13BrClNO4. The zero-order valence-electron chi connectivity index (χ0n) is 14.9. The molecule has 144 valence electrons. The molecule has 1 atom stereocenters. The zero-order valence-corrected chi connectivity index (χ0v) is 17.2. The Balaban J connectivity index is 1.75. The summed E-state index contributed by atoms with van der Waals surface area (Å²) in [5, 5.41) is 0.785. The van der Waals surface area contributed by atoms with Gasteiger partial charge in [0.2, 0.25) is 5.76 Å². The van der Waals surface area contributed by atoms with Gasteiger partial charge in [-0.15, -0.1) is 0 Å². The summed E-state index contributed by atoms with van der Waals surface area (Å²) >= 11 is 9.51. The van der Waals surface area contributed by atoms with E-state index in [1.165, 1.54) is 0 Å². The Morgan fingerprint density at radius 3 is 2.59 bits per heavy atom. The van der Waals surface area contributed by atoms with Crippen LogP contribution in [0, 0.1) is 0 Å². The Morgan fingerprint density at radius 2 is 1.86 bits per heavy atom. The molecule has 7 heteroatoms. The molecule has 29 heavy (non-hydrogen) atoms. The fourth-order valence-electron chi connectivity index (χ4n) is 3.72. The summed E-state index contributed by atoms with van der Waals surface area (Å²) in [6, 6.07) is 15.3. The largest absolute Gasteiger partial charge is 0.467 e. The highest BCUT2D eigenvalue weighted by Crippen LogP contribution is 2.39. The Morgan fingerprint density at radius 1 is 1.07 bits per heavy atom. The average molecular weight is 471 g/mol. The standard InChI is InChI=1S/C22H13BrClNO4/c23-13-5-3-12(4-6-13)19-18-20(26)16-10-14(24)7-8-17(16)29-21(18)22(27)25(19)11-15-2-1-9-28-15/h1-10,19H,11H2/t19-/m1/s1. The van der Waals surface area contributed by atoms with Crippen molar-refractivity contribution >= 4 is 44.4 Å². The minimum absolute atomic E-state index is 0.0595. The molecule has 1 aliphatic heterocycles. The highest BCUT2D eigenvalue weighted by atomic mass is 79.9. The molecule has 0 spiro atoms. The number of nitrogens with zero attached hydrogens (tertiary/aromatic N) is 1. The number of halogens is 2. The minimum Gasteiger partial charge on any atom is -0.467 e. The first-order valence-corrected chi connectivity index (χ1v) is 10.0. The van der Waals surface area contributed by atoms with Crippen LogP contribution in [0.4, 0.5) is 0 Å². The first-order chi connectivity index (χ1) is 14.0. The maximum atomic E-state index is 13.4. The second kappa shape index (κ2) is 6.90. The number of carbonyl (C=O) groups excluding carboxylic acids is 1. The predicted molar refractivity (Wildman–Crippen MR) is 112 cm³/mol. The highest BCUT2D eigenvalue weighted by molar-refractivity contribution is 9.10. The van der Waals surface area contributed by atoms with Gasteiger partial charge in [0.15, 0.2) is 5.43 Å². The van der Waals surface area contributed by atoms with Crippen LogP contribution in [0.5, 0.6) is 0 Å². The summed E-state index contributed by atoms with van der Waals surface area (Å²) in [7, 11) is 0. The lowest BCUT2D eigenvalue weighted by Gasteiger charge is -2.24. The van der Waals surface area contributed by atoms with Crippen LogP contribution in [0.15, 0.2) is 79.0 Å². The normalized spacial score (nSPS) is 15.9. The van der Waals surface area contributed by atoms with Gasteiger partial charge in [0.25, 0.3) is 5.91 Å². The van der Waals surface area contributed by atoms with Crippen molar-refractivity contribution in [1.82, 2.24) is 4.90 Å². The van der Waals surface area contributed by atoms with E-state index in [1.54, 1.807) is 41.5 Å². The molecule has 0 saturated carbocycles. The van der Waals surface area contributed by atoms with Crippen molar-refractivity contribution in [2.24, 2.45) is 0 Å². The summed E-state index contributed by atoms with van der Waals surface area (Å²) in [5.41, 5.74) is 1.20. The molecule has 2 aromatic carbocycles. The van der Waals surface area contributed by atoms with Crippen LogP contribution in [0.1, 0.15) is 33.5 Å². The molecule has 0 aliphatic carbocycles. The van der Waals surface area contributed by atoms with Gasteiger partial charge in [-0.05, 0) is 48.0 Å². The first-order valence-electron chi connectivity index (χ1n) is 8.88. The number of amides is 1. The van der Waals surface area contributed by atoms with Crippen molar-refractivity contribution in [2.75, 3.05) is 0 Å². The first kappa shape index (κ1) is 18.2. The van der Waals surface area contributed by atoms with Gasteiger partial charge >= 0.3 is 0 Å². The van der Waals surface area contributed by atoms with E-state index in [-0.39, 0.29) is 23.6 Å². The Bertz CT molecular complexity index is 1300. The third kappa shape index (κ3) is 2.99. The van der Waals surface area contributed by atoms with Gasteiger partial charge in [0.05, 0.1) is 29.8 Å². The molecule has 3 heterocycles. The van der Waals surface area contributed by atoms with Gasteiger partial charge in [0, 0.05) is 9.50 Å². The maximum Gasteiger partial charge on any atom is 0.291 e. The molecule has 2 aromatic heterocycles. The lowest BCUT2D eigenvalue weighted by molar-refractivity contribution is 0.0701. The van der Waals surface area contributed by atoms with E-state index in [4.69, 9.17) is 20.4 Å². The number of carbonyl (C=O) groups is 1. The van der Waals surface area contributed by atoms with E-state index in [2.05, 4.69) is 15.9 Å². The van der Waals surface area contributed by atoms with Crippen LogP contribution in [0.3, 0.4) is 0 Å². The van der Waals surface area contributed by atoms with Crippen LogP contribution in [-0.4, -0.2) is 10.8 Å². The van der Waals surface area contributed by atoms with Crippen LogP contribution in [0.25, 0.3) is 11.0 Å². The maximum absolute atomic E-state index is 13.4. The topological polar surface area (TPSA) is 63.7 Å². The van der Waals surface area contributed by atoms with Gasteiger partial charge in [-0.3, -0.25) is 9.59 Å². The Hall–Kier alpha value is -2.83.